The van der Waals surface area contributed by atoms with Crippen molar-refractivity contribution in [1.29, 1.82) is 0 Å². The second-order valence-electron chi connectivity index (χ2n) is 4.57. The molecule has 0 N–H and O–H groups in total. The molecule has 100 valence electrons. The van der Waals surface area contributed by atoms with Crippen LogP contribution >= 0.6 is 11.6 Å². The van der Waals surface area contributed by atoms with Crippen molar-refractivity contribution in [3.63, 3.8) is 0 Å². The highest BCUT2D eigenvalue weighted by atomic mass is 35.5. The van der Waals surface area contributed by atoms with Crippen LogP contribution in [-0.2, 0) is 0 Å². The number of rotatable bonds is 5. The van der Waals surface area contributed by atoms with Crippen LogP contribution < -0.4 is 0 Å². The number of carbonyl (C=O) groups is 1. The monoisotopic (exact) mass is 271 g/mol. The van der Waals surface area contributed by atoms with Crippen molar-refractivity contribution in [2.24, 2.45) is 0 Å². The number of hydrogen-bond donors (Lipinski definition) is 0. The number of carbonyl (C=O) groups excluding carboxylic acids is 1. The molecule has 1 aromatic carbocycles. The zero-order valence-corrected chi connectivity index (χ0v) is 11.8. The van der Waals surface area contributed by atoms with Gasteiger partial charge in [-0.15, -0.1) is 11.6 Å². The average Bonchev–Trinajstić information content (AvgIpc) is 2.32. The van der Waals surface area contributed by atoms with Gasteiger partial charge in [0.1, 0.15) is 5.82 Å². The Kier molecular flexibility index (Phi) is 5.60. The van der Waals surface area contributed by atoms with E-state index in [0.717, 1.165) is 0 Å². The number of hydrogen-bond acceptors (Lipinski definition) is 1. The molecule has 2 nitrogen and oxygen atoms in total. The van der Waals surface area contributed by atoms with E-state index in [0.29, 0.717) is 24.4 Å². The van der Waals surface area contributed by atoms with E-state index in [-0.39, 0.29) is 17.5 Å². The SMILES string of the molecule is Cc1cccc(C(=O)N(CCCCl)C(C)C)c1F. The lowest BCUT2D eigenvalue weighted by Crippen LogP contribution is -2.38. The van der Waals surface area contributed by atoms with Gasteiger partial charge in [-0.2, -0.15) is 0 Å². The van der Waals surface area contributed by atoms with E-state index in [1.165, 1.54) is 6.07 Å². The Bertz CT molecular complexity index is 420. The Labute approximate surface area is 113 Å². The van der Waals surface area contributed by atoms with E-state index in [9.17, 15) is 9.18 Å². The first kappa shape index (κ1) is 15.0. The molecule has 0 fully saturated rings. The standard InChI is InChI=1S/C14H19ClFNO/c1-10(2)17(9-5-8-15)14(18)12-7-4-6-11(3)13(12)16/h4,6-7,10H,5,8-9H2,1-3H3. The predicted octanol–water partition coefficient (Wildman–Crippen LogP) is 3.61. The minimum Gasteiger partial charge on any atom is -0.336 e. The van der Waals surface area contributed by atoms with Crippen LogP contribution in [0, 0.1) is 12.7 Å². The molecule has 0 aliphatic rings. The summed E-state index contributed by atoms with van der Waals surface area (Å²) in [5, 5.41) is 0. The minimum absolute atomic E-state index is 0.0284. The van der Waals surface area contributed by atoms with Crippen LogP contribution in [0.4, 0.5) is 4.39 Å². The number of alkyl halides is 1. The van der Waals surface area contributed by atoms with E-state index in [2.05, 4.69) is 0 Å². The zero-order chi connectivity index (χ0) is 13.7. The molecule has 0 aliphatic carbocycles. The molecule has 0 aromatic heterocycles. The van der Waals surface area contributed by atoms with Crippen molar-refractivity contribution in [3.8, 4) is 0 Å². The van der Waals surface area contributed by atoms with Gasteiger partial charge in [-0.05, 0) is 38.8 Å². The van der Waals surface area contributed by atoms with Gasteiger partial charge in [0.05, 0.1) is 5.56 Å². The molecule has 1 amide bonds. The summed E-state index contributed by atoms with van der Waals surface area (Å²) in [4.78, 5) is 14.0. The van der Waals surface area contributed by atoms with Crippen molar-refractivity contribution in [2.75, 3.05) is 12.4 Å². The Morgan fingerprint density at radius 1 is 1.44 bits per heavy atom. The highest BCUT2D eigenvalue weighted by Crippen LogP contribution is 2.16. The van der Waals surface area contributed by atoms with E-state index in [1.54, 1.807) is 24.0 Å². The van der Waals surface area contributed by atoms with Crippen LogP contribution in [0.15, 0.2) is 18.2 Å². The number of nitrogens with zero attached hydrogens (tertiary/aromatic N) is 1. The van der Waals surface area contributed by atoms with Gasteiger partial charge in [0.15, 0.2) is 0 Å². The quantitative estimate of drug-likeness (QED) is 0.749. The van der Waals surface area contributed by atoms with E-state index in [4.69, 9.17) is 11.6 Å². The minimum atomic E-state index is -0.431. The third-order valence-electron chi connectivity index (χ3n) is 2.84. The molecule has 1 rings (SSSR count). The number of benzene rings is 1. The molecule has 1 aromatic rings. The molecule has 0 saturated heterocycles. The molecule has 0 atom stereocenters. The van der Waals surface area contributed by atoms with Crippen molar-refractivity contribution in [3.05, 3.63) is 35.1 Å². The van der Waals surface area contributed by atoms with Gasteiger partial charge in [-0.3, -0.25) is 4.79 Å². The van der Waals surface area contributed by atoms with Gasteiger partial charge in [-0.1, -0.05) is 12.1 Å². The van der Waals surface area contributed by atoms with Gasteiger partial charge in [0, 0.05) is 18.5 Å². The Hall–Kier alpha value is -1.09. The lowest BCUT2D eigenvalue weighted by atomic mass is 10.1. The fourth-order valence-electron chi connectivity index (χ4n) is 1.79. The topological polar surface area (TPSA) is 20.3 Å². The first-order valence-electron chi connectivity index (χ1n) is 6.11. The third-order valence-corrected chi connectivity index (χ3v) is 3.11. The van der Waals surface area contributed by atoms with Crippen molar-refractivity contribution < 1.29 is 9.18 Å². The number of amides is 1. The average molecular weight is 272 g/mol. The first-order chi connectivity index (χ1) is 8.49. The number of halogens is 2. The van der Waals surface area contributed by atoms with Gasteiger partial charge in [0.2, 0.25) is 0 Å². The fourth-order valence-corrected chi connectivity index (χ4v) is 1.91. The maximum Gasteiger partial charge on any atom is 0.257 e. The van der Waals surface area contributed by atoms with Crippen LogP contribution in [0.2, 0.25) is 0 Å². The molecular formula is C14H19ClFNO. The Morgan fingerprint density at radius 2 is 2.11 bits per heavy atom. The van der Waals surface area contributed by atoms with Gasteiger partial charge in [-0.25, -0.2) is 4.39 Å². The maximum atomic E-state index is 13.9. The summed E-state index contributed by atoms with van der Waals surface area (Å²) in [6, 6.07) is 4.91. The largest absolute Gasteiger partial charge is 0.336 e. The first-order valence-corrected chi connectivity index (χ1v) is 6.64. The third kappa shape index (κ3) is 3.45. The summed E-state index contributed by atoms with van der Waals surface area (Å²) < 4.78 is 13.9. The molecule has 0 spiro atoms. The summed E-state index contributed by atoms with van der Waals surface area (Å²) in [6.45, 7) is 6.04. The van der Waals surface area contributed by atoms with Crippen LogP contribution in [0.5, 0.6) is 0 Å². The van der Waals surface area contributed by atoms with E-state index < -0.39 is 5.82 Å². The zero-order valence-electron chi connectivity index (χ0n) is 11.0. The molecule has 0 heterocycles. The molecule has 0 aliphatic heterocycles. The molecular weight excluding hydrogens is 253 g/mol. The van der Waals surface area contributed by atoms with Crippen LogP contribution in [0.1, 0.15) is 36.2 Å². The molecule has 4 heteroatoms. The molecule has 0 saturated carbocycles. The van der Waals surface area contributed by atoms with Crippen LogP contribution in [0.25, 0.3) is 0 Å². The smallest absolute Gasteiger partial charge is 0.257 e. The molecule has 0 bridgehead atoms. The second kappa shape index (κ2) is 6.74. The van der Waals surface area contributed by atoms with Crippen LogP contribution in [-0.4, -0.2) is 29.3 Å². The summed E-state index contributed by atoms with van der Waals surface area (Å²) in [6.07, 6.45) is 0.707. The summed E-state index contributed by atoms with van der Waals surface area (Å²) >= 11 is 5.65. The van der Waals surface area contributed by atoms with Gasteiger partial charge >= 0.3 is 0 Å². The van der Waals surface area contributed by atoms with E-state index in [1.807, 2.05) is 13.8 Å². The Balaban J connectivity index is 2.98. The van der Waals surface area contributed by atoms with Crippen molar-refractivity contribution in [2.45, 2.75) is 33.2 Å². The van der Waals surface area contributed by atoms with Gasteiger partial charge in [0.25, 0.3) is 5.91 Å². The van der Waals surface area contributed by atoms with Crippen molar-refractivity contribution >= 4 is 17.5 Å². The highest BCUT2D eigenvalue weighted by molar-refractivity contribution is 6.17. The summed E-state index contributed by atoms with van der Waals surface area (Å²) in [5.74, 6) is -0.206. The van der Waals surface area contributed by atoms with E-state index >= 15 is 0 Å². The Morgan fingerprint density at radius 3 is 2.67 bits per heavy atom. The summed E-state index contributed by atoms with van der Waals surface area (Å²) in [7, 11) is 0. The van der Waals surface area contributed by atoms with Crippen molar-refractivity contribution in [1.82, 2.24) is 4.90 Å². The predicted molar refractivity (Wildman–Crippen MR) is 72.6 cm³/mol. The molecule has 0 radical (unpaired) electrons. The molecule has 18 heavy (non-hydrogen) atoms. The summed E-state index contributed by atoms with van der Waals surface area (Å²) in [5.41, 5.74) is 0.625. The normalized spacial score (nSPS) is 10.8. The van der Waals surface area contributed by atoms with Gasteiger partial charge < -0.3 is 4.90 Å². The highest BCUT2D eigenvalue weighted by Gasteiger charge is 2.21. The lowest BCUT2D eigenvalue weighted by Gasteiger charge is -2.27. The fraction of sp³-hybridized carbons (Fsp3) is 0.500. The maximum absolute atomic E-state index is 13.9. The second-order valence-corrected chi connectivity index (χ2v) is 4.95. The molecule has 0 unspecified atom stereocenters. The number of aryl methyl sites for hydroxylation is 1. The van der Waals surface area contributed by atoms with Crippen LogP contribution in [0.3, 0.4) is 0 Å². The lowest BCUT2D eigenvalue weighted by molar-refractivity contribution is 0.0701.